The van der Waals surface area contributed by atoms with Crippen LogP contribution >= 0.6 is 11.8 Å². The topological polar surface area (TPSA) is 93.1 Å². The molecule has 3 amide bonds. The average Bonchev–Trinajstić information content (AvgIpc) is 2.72. The second-order valence-electron chi connectivity index (χ2n) is 6.94. The molecule has 0 atom stereocenters. The molecule has 0 saturated carbocycles. The Bertz CT molecular complexity index is 1150. The molecule has 0 aliphatic carbocycles. The molecule has 2 N–H and O–H groups in total. The number of fused-ring (bicyclic) bond motifs is 1. The smallest absolute Gasteiger partial charge is 0.321 e. The molecule has 0 unspecified atom stereocenters. The van der Waals surface area contributed by atoms with Gasteiger partial charge >= 0.3 is 6.03 Å². The molecule has 0 aliphatic heterocycles. The van der Waals surface area contributed by atoms with Crippen molar-refractivity contribution in [3.05, 3.63) is 64.7 Å². The summed E-state index contributed by atoms with van der Waals surface area (Å²) >= 11 is 0.947. The van der Waals surface area contributed by atoms with Crippen LogP contribution in [0.3, 0.4) is 0 Å². The second kappa shape index (κ2) is 9.53. The van der Waals surface area contributed by atoms with E-state index in [-0.39, 0.29) is 22.5 Å². The molecule has 0 fully saturated rings. The molecule has 1 aromatic heterocycles. The number of imide groups is 1. The Hall–Kier alpha value is -3.20. The van der Waals surface area contributed by atoms with Gasteiger partial charge in [0, 0.05) is 6.54 Å². The first kappa shape index (κ1) is 21.5. The highest BCUT2D eigenvalue weighted by molar-refractivity contribution is 7.99. The number of amides is 3. The normalized spacial score (nSPS) is 10.9. The SMILES string of the molecule is CC(C)CNC(=O)NC(=O)CSc1nc2ccccc2c(=O)n1-c1ccccc1F. The van der Waals surface area contributed by atoms with Gasteiger partial charge in [0.15, 0.2) is 5.16 Å². The van der Waals surface area contributed by atoms with Crippen LogP contribution in [0.5, 0.6) is 0 Å². The number of carbonyl (C=O) groups excluding carboxylic acids is 2. The number of halogens is 1. The first-order valence-corrected chi connectivity index (χ1v) is 10.3. The summed E-state index contributed by atoms with van der Waals surface area (Å²) in [5.74, 6) is -1.06. The minimum atomic E-state index is -0.590. The highest BCUT2D eigenvalue weighted by Crippen LogP contribution is 2.22. The number of para-hydroxylation sites is 2. The monoisotopic (exact) mass is 428 g/mol. The number of hydrogen-bond donors (Lipinski definition) is 2. The number of rotatable bonds is 6. The van der Waals surface area contributed by atoms with E-state index >= 15 is 0 Å². The summed E-state index contributed by atoms with van der Waals surface area (Å²) in [6, 6.07) is 12.0. The minimum absolute atomic E-state index is 0.0401. The molecule has 9 heteroatoms. The van der Waals surface area contributed by atoms with Crippen molar-refractivity contribution in [1.82, 2.24) is 20.2 Å². The maximum Gasteiger partial charge on any atom is 0.321 e. The van der Waals surface area contributed by atoms with Crippen LogP contribution in [0, 0.1) is 11.7 Å². The van der Waals surface area contributed by atoms with Crippen LogP contribution in [0.1, 0.15) is 13.8 Å². The molecule has 156 valence electrons. The van der Waals surface area contributed by atoms with E-state index in [2.05, 4.69) is 15.6 Å². The van der Waals surface area contributed by atoms with Gasteiger partial charge in [0.1, 0.15) is 5.82 Å². The van der Waals surface area contributed by atoms with E-state index in [4.69, 9.17) is 0 Å². The lowest BCUT2D eigenvalue weighted by atomic mass is 10.2. The Balaban J connectivity index is 1.89. The fourth-order valence-electron chi connectivity index (χ4n) is 2.69. The van der Waals surface area contributed by atoms with Gasteiger partial charge < -0.3 is 5.32 Å². The molecule has 3 aromatic rings. The highest BCUT2D eigenvalue weighted by Gasteiger charge is 2.17. The Morgan fingerprint density at radius 1 is 1.13 bits per heavy atom. The molecule has 0 saturated heterocycles. The van der Waals surface area contributed by atoms with Gasteiger partial charge in [-0.05, 0) is 30.2 Å². The van der Waals surface area contributed by atoms with E-state index in [1.807, 2.05) is 13.8 Å². The summed E-state index contributed by atoms with van der Waals surface area (Å²) < 4.78 is 15.6. The number of aromatic nitrogens is 2. The molecule has 0 spiro atoms. The molecule has 3 rings (SSSR count). The van der Waals surface area contributed by atoms with Crippen molar-refractivity contribution < 1.29 is 14.0 Å². The fourth-order valence-corrected chi connectivity index (χ4v) is 3.49. The number of nitrogens with zero attached hydrogens (tertiary/aromatic N) is 2. The van der Waals surface area contributed by atoms with Crippen molar-refractivity contribution in [1.29, 1.82) is 0 Å². The molecule has 1 heterocycles. The summed E-state index contributed by atoms with van der Waals surface area (Å²) in [5.41, 5.74) is 0.0364. The van der Waals surface area contributed by atoms with Crippen LogP contribution in [0.15, 0.2) is 58.5 Å². The zero-order chi connectivity index (χ0) is 21.7. The van der Waals surface area contributed by atoms with Crippen molar-refractivity contribution >= 4 is 34.6 Å². The van der Waals surface area contributed by atoms with Crippen LogP contribution in [0.4, 0.5) is 9.18 Å². The number of thioether (sulfide) groups is 1. The summed E-state index contributed by atoms with van der Waals surface area (Å²) in [5, 5.41) is 5.31. The van der Waals surface area contributed by atoms with Crippen LogP contribution in [-0.4, -0.2) is 33.8 Å². The van der Waals surface area contributed by atoms with Gasteiger partial charge in [0.05, 0.1) is 22.3 Å². The van der Waals surface area contributed by atoms with E-state index in [1.165, 1.54) is 18.2 Å². The van der Waals surface area contributed by atoms with Crippen LogP contribution in [0.25, 0.3) is 16.6 Å². The van der Waals surface area contributed by atoms with E-state index in [1.54, 1.807) is 30.3 Å². The fraction of sp³-hybridized carbons (Fsp3) is 0.238. The van der Waals surface area contributed by atoms with Crippen molar-refractivity contribution in [2.75, 3.05) is 12.3 Å². The third kappa shape index (κ3) is 5.04. The van der Waals surface area contributed by atoms with Crippen LogP contribution in [0.2, 0.25) is 0 Å². The lowest BCUT2D eigenvalue weighted by molar-refractivity contribution is -0.117. The van der Waals surface area contributed by atoms with Crippen molar-refractivity contribution in [2.24, 2.45) is 5.92 Å². The Morgan fingerprint density at radius 2 is 1.83 bits per heavy atom. The molecule has 0 aliphatic rings. The predicted molar refractivity (Wildman–Crippen MR) is 114 cm³/mol. The number of urea groups is 1. The summed E-state index contributed by atoms with van der Waals surface area (Å²) in [6.07, 6.45) is 0. The number of benzene rings is 2. The average molecular weight is 428 g/mol. The van der Waals surface area contributed by atoms with Crippen LogP contribution in [-0.2, 0) is 4.79 Å². The maximum absolute atomic E-state index is 14.4. The predicted octanol–water partition coefficient (Wildman–Crippen LogP) is 3.10. The van der Waals surface area contributed by atoms with Crippen LogP contribution < -0.4 is 16.2 Å². The third-order valence-electron chi connectivity index (χ3n) is 4.09. The zero-order valence-electron chi connectivity index (χ0n) is 16.5. The summed E-state index contributed by atoms with van der Waals surface area (Å²) in [4.78, 5) is 41.4. The standard InChI is InChI=1S/C21H21FN4O3S/c1-13(2)11-23-20(29)25-18(27)12-30-21-24-16-9-5-3-7-14(16)19(28)26(21)17-10-6-4-8-15(17)22/h3-10,13H,11-12H2,1-2H3,(H2,23,25,27,29). The molecule has 0 radical (unpaired) electrons. The summed E-state index contributed by atoms with van der Waals surface area (Å²) in [6.45, 7) is 4.31. The van der Waals surface area contributed by atoms with Gasteiger partial charge in [-0.1, -0.05) is 49.9 Å². The maximum atomic E-state index is 14.4. The van der Waals surface area contributed by atoms with Gasteiger partial charge in [-0.15, -0.1) is 0 Å². The second-order valence-corrected chi connectivity index (χ2v) is 7.89. The summed E-state index contributed by atoms with van der Waals surface area (Å²) in [7, 11) is 0. The molecule has 30 heavy (non-hydrogen) atoms. The molecule has 7 nitrogen and oxygen atoms in total. The quantitative estimate of drug-likeness (QED) is 0.465. The Labute approximate surface area is 176 Å². The van der Waals surface area contributed by atoms with E-state index in [0.29, 0.717) is 17.4 Å². The lowest BCUT2D eigenvalue weighted by Gasteiger charge is -2.14. The minimum Gasteiger partial charge on any atom is -0.338 e. The molecular weight excluding hydrogens is 407 g/mol. The van der Waals surface area contributed by atoms with Crippen molar-refractivity contribution in [3.8, 4) is 5.69 Å². The Kier molecular flexibility index (Phi) is 6.83. The van der Waals surface area contributed by atoms with E-state index < -0.39 is 23.3 Å². The largest absolute Gasteiger partial charge is 0.338 e. The first-order valence-electron chi connectivity index (χ1n) is 9.34. The lowest BCUT2D eigenvalue weighted by Crippen LogP contribution is -2.41. The molecule has 2 aromatic carbocycles. The Morgan fingerprint density at radius 3 is 2.57 bits per heavy atom. The van der Waals surface area contributed by atoms with E-state index in [9.17, 15) is 18.8 Å². The highest BCUT2D eigenvalue weighted by atomic mass is 32.2. The third-order valence-corrected chi connectivity index (χ3v) is 5.03. The van der Waals surface area contributed by atoms with Gasteiger partial charge in [-0.3, -0.25) is 19.5 Å². The van der Waals surface area contributed by atoms with Crippen molar-refractivity contribution in [3.63, 3.8) is 0 Å². The van der Waals surface area contributed by atoms with Gasteiger partial charge in [0.2, 0.25) is 5.91 Å². The van der Waals surface area contributed by atoms with E-state index in [0.717, 1.165) is 16.3 Å². The van der Waals surface area contributed by atoms with Gasteiger partial charge in [-0.25, -0.2) is 14.2 Å². The number of nitrogens with one attached hydrogen (secondary N) is 2. The number of carbonyl (C=O) groups is 2. The van der Waals surface area contributed by atoms with Gasteiger partial charge in [-0.2, -0.15) is 0 Å². The first-order chi connectivity index (χ1) is 14.4. The zero-order valence-corrected chi connectivity index (χ0v) is 17.3. The molecular formula is C21H21FN4O3S. The van der Waals surface area contributed by atoms with Gasteiger partial charge in [0.25, 0.3) is 5.56 Å². The molecule has 0 bridgehead atoms. The number of hydrogen-bond acceptors (Lipinski definition) is 5. The van der Waals surface area contributed by atoms with Crippen molar-refractivity contribution in [2.45, 2.75) is 19.0 Å².